The Morgan fingerprint density at radius 1 is 1.29 bits per heavy atom. The van der Waals surface area contributed by atoms with E-state index in [0.717, 1.165) is 29.1 Å². The third-order valence-electron chi connectivity index (χ3n) is 3.49. The quantitative estimate of drug-likeness (QED) is 0.936. The van der Waals surface area contributed by atoms with Crippen LogP contribution in [-0.4, -0.2) is 16.8 Å². The number of hydrogen-bond acceptors (Lipinski definition) is 2. The molecule has 0 amide bonds. The Morgan fingerprint density at radius 2 is 2.00 bits per heavy atom. The van der Waals surface area contributed by atoms with E-state index in [1.165, 1.54) is 4.68 Å². The first kappa shape index (κ1) is 15.6. The molecule has 21 heavy (non-hydrogen) atoms. The molecule has 1 unspecified atom stereocenters. The van der Waals surface area contributed by atoms with E-state index in [2.05, 4.69) is 10.4 Å². The third kappa shape index (κ3) is 3.64. The smallest absolute Gasteiger partial charge is 0.311 e. The van der Waals surface area contributed by atoms with Crippen molar-refractivity contribution < 1.29 is 13.2 Å². The fraction of sp³-hybridized carbons (Fsp3) is 0.400. The lowest BCUT2D eigenvalue weighted by Gasteiger charge is -2.19. The van der Waals surface area contributed by atoms with Crippen molar-refractivity contribution in [1.29, 1.82) is 0 Å². The number of nitrogens with one attached hydrogen (secondary N) is 1. The van der Waals surface area contributed by atoms with Gasteiger partial charge in [-0.2, -0.15) is 18.3 Å². The van der Waals surface area contributed by atoms with Crippen molar-refractivity contribution in [3.8, 4) is 0 Å². The number of hydrogen-bond donors (Lipinski definition) is 1. The van der Waals surface area contributed by atoms with Crippen LogP contribution in [0.15, 0.2) is 30.6 Å². The van der Waals surface area contributed by atoms with Crippen LogP contribution in [0.3, 0.4) is 0 Å². The number of aryl methyl sites for hydroxylation is 2. The van der Waals surface area contributed by atoms with Gasteiger partial charge in [-0.15, -0.1) is 0 Å². The van der Waals surface area contributed by atoms with Crippen LogP contribution < -0.4 is 5.32 Å². The number of benzene rings is 1. The van der Waals surface area contributed by atoms with Gasteiger partial charge in [0.05, 0.1) is 24.3 Å². The number of nitrogens with zero attached hydrogens (tertiary/aromatic N) is 2. The highest BCUT2D eigenvalue weighted by Crippen LogP contribution is 2.29. The Morgan fingerprint density at radius 3 is 2.57 bits per heavy atom. The minimum atomic E-state index is -4.35. The van der Waals surface area contributed by atoms with Crippen molar-refractivity contribution in [3.05, 3.63) is 52.8 Å². The summed E-state index contributed by atoms with van der Waals surface area (Å²) in [7, 11) is 1.79. The summed E-state index contributed by atoms with van der Waals surface area (Å²) in [4.78, 5) is 0. The standard InChI is InChI=1S/C15H18F3N3/c1-10-4-5-11(2)13(6-10)14(19-3)9-21-8-12(7-20-21)15(16,17)18/h4-8,14,19H,9H2,1-3H3. The SMILES string of the molecule is CNC(Cn1cc(C(F)(F)F)cn1)c1cc(C)ccc1C. The van der Waals surface area contributed by atoms with Crippen LogP contribution in [0.5, 0.6) is 0 Å². The average molecular weight is 297 g/mol. The molecule has 0 bridgehead atoms. The Balaban J connectivity index is 2.23. The molecule has 0 spiro atoms. The molecule has 2 aromatic rings. The number of rotatable bonds is 4. The lowest BCUT2D eigenvalue weighted by atomic mass is 9.99. The molecule has 0 saturated carbocycles. The average Bonchev–Trinajstić information content (AvgIpc) is 2.87. The number of alkyl halides is 3. The monoisotopic (exact) mass is 297 g/mol. The molecule has 2 rings (SSSR count). The van der Waals surface area contributed by atoms with Crippen molar-refractivity contribution in [3.63, 3.8) is 0 Å². The predicted octanol–water partition coefficient (Wildman–Crippen LogP) is 3.48. The van der Waals surface area contributed by atoms with Gasteiger partial charge < -0.3 is 5.32 Å². The number of aromatic nitrogens is 2. The van der Waals surface area contributed by atoms with E-state index in [1.54, 1.807) is 7.05 Å². The zero-order valence-electron chi connectivity index (χ0n) is 12.2. The maximum absolute atomic E-state index is 12.6. The van der Waals surface area contributed by atoms with Gasteiger partial charge in [-0.25, -0.2) is 0 Å². The Hall–Kier alpha value is -1.82. The predicted molar refractivity (Wildman–Crippen MR) is 74.9 cm³/mol. The van der Waals surface area contributed by atoms with E-state index in [-0.39, 0.29) is 6.04 Å². The minimum Gasteiger partial charge on any atom is -0.311 e. The topological polar surface area (TPSA) is 29.9 Å². The van der Waals surface area contributed by atoms with E-state index in [9.17, 15) is 13.2 Å². The summed E-state index contributed by atoms with van der Waals surface area (Å²) < 4.78 is 39.1. The first-order valence-electron chi connectivity index (χ1n) is 6.65. The maximum atomic E-state index is 12.6. The summed E-state index contributed by atoms with van der Waals surface area (Å²) in [5, 5.41) is 6.95. The molecule has 0 aliphatic heterocycles. The molecular weight excluding hydrogens is 279 g/mol. The van der Waals surface area contributed by atoms with Crippen molar-refractivity contribution >= 4 is 0 Å². The summed E-state index contributed by atoms with van der Waals surface area (Å²) in [6.07, 6.45) is -2.46. The molecule has 1 aromatic carbocycles. The van der Waals surface area contributed by atoms with E-state index >= 15 is 0 Å². The van der Waals surface area contributed by atoms with Gasteiger partial charge in [-0.1, -0.05) is 23.8 Å². The van der Waals surface area contributed by atoms with Crippen molar-refractivity contribution in [2.24, 2.45) is 0 Å². The van der Waals surface area contributed by atoms with Gasteiger partial charge in [0.25, 0.3) is 0 Å². The van der Waals surface area contributed by atoms with Gasteiger partial charge in [0.2, 0.25) is 0 Å². The van der Waals surface area contributed by atoms with E-state index < -0.39 is 11.7 Å². The highest BCUT2D eigenvalue weighted by molar-refractivity contribution is 5.33. The molecule has 1 aromatic heterocycles. The van der Waals surface area contributed by atoms with Crippen LogP contribution in [0.1, 0.15) is 28.3 Å². The minimum absolute atomic E-state index is 0.0918. The molecule has 0 aliphatic rings. The summed E-state index contributed by atoms with van der Waals surface area (Å²) >= 11 is 0. The van der Waals surface area contributed by atoms with Crippen molar-refractivity contribution in [2.45, 2.75) is 32.6 Å². The highest BCUT2D eigenvalue weighted by Gasteiger charge is 2.32. The lowest BCUT2D eigenvalue weighted by molar-refractivity contribution is -0.137. The molecule has 0 aliphatic carbocycles. The van der Waals surface area contributed by atoms with E-state index in [1.807, 2.05) is 32.0 Å². The summed E-state index contributed by atoms with van der Waals surface area (Å²) in [6, 6.07) is 5.98. The zero-order chi connectivity index (χ0) is 15.6. The molecule has 0 fully saturated rings. The van der Waals surface area contributed by atoms with Crippen LogP contribution in [-0.2, 0) is 12.7 Å². The zero-order valence-corrected chi connectivity index (χ0v) is 12.2. The van der Waals surface area contributed by atoms with E-state index in [0.29, 0.717) is 6.54 Å². The van der Waals surface area contributed by atoms with Gasteiger partial charge >= 0.3 is 6.18 Å². The van der Waals surface area contributed by atoms with Crippen LogP contribution in [0.2, 0.25) is 0 Å². The van der Waals surface area contributed by atoms with Crippen LogP contribution in [0, 0.1) is 13.8 Å². The largest absolute Gasteiger partial charge is 0.419 e. The summed E-state index contributed by atoms with van der Waals surface area (Å²) in [6.45, 7) is 4.32. The highest BCUT2D eigenvalue weighted by atomic mass is 19.4. The Kier molecular flexibility index (Phi) is 4.37. The molecular formula is C15H18F3N3. The van der Waals surface area contributed by atoms with Crippen molar-refractivity contribution in [2.75, 3.05) is 7.05 Å². The second-order valence-corrected chi connectivity index (χ2v) is 5.15. The molecule has 114 valence electrons. The van der Waals surface area contributed by atoms with Crippen LogP contribution in [0.25, 0.3) is 0 Å². The summed E-state index contributed by atoms with van der Waals surface area (Å²) in [5.41, 5.74) is 2.57. The third-order valence-corrected chi connectivity index (χ3v) is 3.49. The van der Waals surface area contributed by atoms with E-state index in [4.69, 9.17) is 0 Å². The molecule has 1 heterocycles. The fourth-order valence-corrected chi connectivity index (χ4v) is 2.28. The second-order valence-electron chi connectivity index (χ2n) is 5.15. The van der Waals surface area contributed by atoms with Gasteiger partial charge in [0, 0.05) is 6.20 Å². The van der Waals surface area contributed by atoms with Gasteiger partial charge in [0.1, 0.15) is 0 Å². The van der Waals surface area contributed by atoms with Crippen LogP contribution in [0.4, 0.5) is 13.2 Å². The molecule has 6 heteroatoms. The molecule has 1 atom stereocenters. The molecule has 0 radical (unpaired) electrons. The fourth-order valence-electron chi connectivity index (χ4n) is 2.28. The second kappa shape index (κ2) is 5.89. The first-order chi connectivity index (χ1) is 9.81. The Bertz CT molecular complexity index is 617. The van der Waals surface area contributed by atoms with Crippen LogP contribution >= 0.6 is 0 Å². The van der Waals surface area contributed by atoms with Gasteiger partial charge in [0.15, 0.2) is 0 Å². The van der Waals surface area contributed by atoms with Gasteiger partial charge in [-0.05, 0) is 32.0 Å². The molecule has 1 N–H and O–H groups in total. The normalized spacial score (nSPS) is 13.4. The Labute approximate surface area is 121 Å². The lowest BCUT2D eigenvalue weighted by Crippen LogP contribution is -2.23. The number of likely N-dealkylation sites (N-methyl/N-ethyl adjacent to an activating group) is 1. The molecule has 0 saturated heterocycles. The number of halogens is 3. The first-order valence-corrected chi connectivity index (χ1v) is 6.65. The maximum Gasteiger partial charge on any atom is 0.419 e. The molecule has 3 nitrogen and oxygen atoms in total. The summed E-state index contributed by atoms with van der Waals surface area (Å²) in [5.74, 6) is 0. The van der Waals surface area contributed by atoms with Crippen molar-refractivity contribution in [1.82, 2.24) is 15.1 Å². The van der Waals surface area contributed by atoms with Gasteiger partial charge in [-0.3, -0.25) is 4.68 Å².